The average molecular weight is 436 g/mol. The first-order chi connectivity index (χ1) is 12.6. The Balaban J connectivity index is 0.00000364. The second-order valence-corrected chi connectivity index (χ2v) is 6.78. The van der Waals surface area contributed by atoms with E-state index in [9.17, 15) is 4.79 Å². The Hall–Kier alpha value is -1.05. The fraction of sp³-hybridized carbons (Fsp3) is 0.650. The molecule has 0 atom stereocenters. The van der Waals surface area contributed by atoms with Crippen molar-refractivity contribution in [2.24, 2.45) is 11.1 Å². The maximum Gasteiger partial charge on any atom is 0.227 e. The smallest absolute Gasteiger partial charge is 0.227 e. The number of nitrogens with one attached hydrogen (secondary N) is 1. The zero-order valence-electron chi connectivity index (χ0n) is 16.9. The van der Waals surface area contributed by atoms with Crippen LogP contribution in [0.4, 0.5) is 0 Å². The van der Waals surface area contributed by atoms with Gasteiger partial charge in [-0.3, -0.25) is 9.69 Å². The van der Waals surface area contributed by atoms with Gasteiger partial charge in [-0.1, -0.05) is 32.0 Å². The van der Waals surface area contributed by atoms with E-state index in [-0.39, 0.29) is 30.7 Å². The second-order valence-electron chi connectivity index (χ2n) is 6.78. The molecule has 0 bridgehead atoms. The highest BCUT2D eigenvalue weighted by atomic mass is 35.5. The van der Waals surface area contributed by atoms with E-state index in [4.69, 9.17) is 15.2 Å². The van der Waals surface area contributed by atoms with E-state index in [1.54, 1.807) is 0 Å². The summed E-state index contributed by atoms with van der Waals surface area (Å²) in [6, 6.07) is 7.87. The standard InChI is InChI=1S/C20H33N3O3.2ClH/c1-3-20(4-2,16-21)19(24)22-15-17-7-5-6-8-18(17)26-14-11-23-9-12-25-13-10-23;;/h5-8H,3-4,9-16,21H2,1-2H3,(H,22,24);2*1H. The lowest BCUT2D eigenvalue weighted by atomic mass is 9.81. The van der Waals surface area contributed by atoms with E-state index in [1.165, 1.54) is 0 Å². The number of hydrogen-bond acceptors (Lipinski definition) is 5. The molecule has 1 amide bonds. The van der Waals surface area contributed by atoms with Gasteiger partial charge in [-0.05, 0) is 18.9 Å². The number of nitrogens with two attached hydrogens (primary N) is 1. The second kappa shape index (κ2) is 14.0. The van der Waals surface area contributed by atoms with Gasteiger partial charge in [0.1, 0.15) is 12.4 Å². The van der Waals surface area contributed by atoms with E-state index in [1.807, 2.05) is 38.1 Å². The summed E-state index contributed by atoms with van der Waals surface area (Å²) in [5.41, 5.74) is 6.37. The molecule has 0 unspecified atom stereocenters. The summed E-state index contributed by atoms with van der Waals surface area (Å²) in [5, 5.41) is 3.05. The van der Waals surface area contributed by atoms with Crippen LogP contribution < -0.4 is 15.8 Å². The van der Waals surface area contributed by atoms with Gasteiger partial charge in [-0.15, -0.1) is 24.8 Å². The van der Waals surface area contributed by atoms with Crippen molar-refractivity contribution in [3.05, 3.63) is 29.8 Å². The number of hydrogen-bond donors (Lipinski definition) is 2. The summed E-state index contributed by atoms with van der Waals surface area (Å²) < 4.78 is 11.3. The topological polar surface area (TPSA) is 76.8 Å². The molecule has 1 saturated heterocycles. The first-order valence-corrected chi connectivity index (χ1v) is 9.64. The lowest BCUT2D eigenvalue weighted by Gasteiger charge is -2.28. The van der Waals surface area contributed by atoms with Crippen LogP contribution in [0.1, 0.15) is 32.3 Å². The molecule has 3 N–H and O–H groups in total. The summed E-state index contributed by atoms with van der Waals surface area (Å²) in [4.78, 5) is 15.0. The van der Waals surface area contributed by atoms with Crippen molar-refractivity contribution in [3.63, 3.8) is 0 Å². The Bertz CT molecular complexity index is 557. The van der Waals surface area contributed by atoms with Crippen LogP contribution in [0.3, 0.4) is 0 Å². The maximum absolute atomic E-state index is 12.6. The van der Waals surface area contributed by atoms with Crippen molar-refractivity contribution in [2.75, 3.05) is 46.0 Å². The fourth-order valence-electron chi connectivity index (χ4n) is 3.22. The predicted molar refractivity (Wildman–Crippen MR) is 118 cm³/mol. The van der Waals surface area contributed by atoms with E-state index in [0.29, 0.717) is 19.7 Å². The molecule has 8 heteroatoms. The quantitative estimate of drug-likeness (QED) is 0.590. The van der Waals surface area contributed by atoms with Gasteiger partial charge >= 0.3 is 0 Å². The van der Waals surface area contributed by atoms with Crippen molar-refractivity contribution in [2.45, 2.75) is 33.2 Å². The van der Waals surface area contributed by atoms with Gasteiger partial charge in [0.2, 0.25) is 5.91 Å². The Morgan fingerprint density at radius 2 is 1.86 bits per heavy atom. The van der Waals surface area contributed by atoms with Crippen LogP contribution in [-0.2, 0) is 16.1 Å². The molecule has 1 aliphatic heterocycles. The Morgan fingerprint density at radius 1 is 1.21 bits per heavy atom. The van der Waals surface area contributed by atoms with E-state index in [2.05, 4.69) is 10.2 Å². The summed E-state index contributed by atoms with van der Waals surface area (Å²) in [7, 11) is 0. The van der Waals surface area contributed by atoms with Crippen molar-refractivity contribution < 1.29 is 14.3 Å². The molecule has 2 rings (SSSR count). The molecule has 0 aliphatic carbocycles. The third-order valence-corrected chi connectivity index (χ3v) is 5.41. The number of para-hydroxylation sites is 1. The van der Waals surface area contributed by atoms with E-state index < -0.39 is 5.41 Å². The molecule has 6 nitrogen and oxygen atoms in total. The summed E-state index contributed by atoms with van der Waals surface area (Å²) in [5.74, 6) is 0.848. The minimum absolute atomic E-state index is 0. The van der Waals surface area contributed by atoms with Crippen LogP contribution >= 0.6 is 24.8 Å². The van der Waals surface area contributed by atoms with Gasteiger partial charge in [0.15, 0.2) is 0 Å². The molecule has 0 spiro atoms. The number of morpholine rings is 1. The molecule has 1 fully saturated rings. The third-order valence-electron chi connectivity index (χ3n) is 5.41. The van der Waals surface area contributed by atoms with Crippen molar-refractivity contribution >= 4 is 30.7 Å². The van der Waals surface area contributed by atoms with Gasteiger partial charge in [0.05, 0.1) is 18.6 Å². The van der Waals surface area contributed by atoms with Crippen molar-refractivity contribution in [1.29, 1.82) is 0 Å². The molecular weight excluding hydrogens is 401 g/mol. The zero-order chi connectivity index (χ0) is 18.8. The summed E-state index contributed by atoms with van der Waals surface area (Å²) in [6.07, 6.45) is 1.48. The lowest BCUT2D eigenvalue weighted by Crippen LogP contribution is -2.45. The van der Waals surface area contributed by atoms with Crippen molar-refractivity contribution in [1.82, 2.24) is 10.2 Å². The molecule has 1 aliphatic rings. The van der Waals surface area contributed by atoms with Crippen LogP contribution in [0, 0.1) is 5.41 Å². The minimum atomic E-state index is -0.480. The molecule has 28 heavy (non-hydrogen) atoms. The normalized spacial score (nSPS) is 14.5. The molecule has 1 aromatic carbocycles. The molecule has 0 aromatic heterocycles. The van der Waals surface area contributed by atoms with Crippen LogP contribution in [0.25, 0.3) is 0 Å². The van der Waals surface area contributed by atoms with Crippen LogP contribution in [0.2, 0.25) is 0 Å². The monoisotopic (exact) mass is 435 g/mol. The van der Waals surface area contributed by atoms with Crippen LogP contribution in [-0.4, -0.2) is 56.8 Å². The molecule has 162 valence electrons. The number of nitrogens with zero attached hydrogens (tertiary/aromatic N) is 1. The number of rotatable bonds is 10. The fourth-order valence-corrected chi connectivity index (χ4v) is 3.22. The molecule has 0 radical (unpaired) electrons. The zero-order valence-corrected chi connectivity index (χ0v) is 18.6. The molecule has 1 heterocycles. The molecule has 1 aromatic rings. The Labute approximate surface area is 181 Å². The number of amides is 1. The highest BCUT2D eigenvalue weighted by Gasteiger charge is 2.33. The maximum atomic E-state index is 12.6. The van der Waals surface area contributed by atoms with Gasteiger partial charge in [0, 0.05) is 38.3 Å². The molecular formula is C20H35Cl2N3O3. The van der Waals surface area contributed by atoms with Crippen LogP contribution in [0.15, 0.2) is 24.3 Å². The first-order valence-electron chi connectivity index (χ1n) is 9.64. The highest BCUT2D eigenvalue weighted by Crippen LogP contribution is 2.25. The number of ether oxygens (including phenoxy) is 2. The van der Waals surface area contributed by atoms with E-state index >= 15 is 0 Å². The number of carbonyl (C=O) groups excluding carboxylic acids is 1. The predicted octanol–water partition coefficient (Wildman–Crippen LogP) is 2.62. The Morgan fingerprint density at radius 3 is 2.46 bits per heavy atom. The lowest BCUT2D eigenvalue weighted by molar-refractivity contribution is -0.131. The summed E-state index contributed by atoms with van der Waals surface area (Å²) >= 11 is 0. The number of benzene rings is 1. The average Bonchev–Trinajstić information content (AvgIpc) is 2.70. The van der Waals surface area contributed by atoms with Crippen LogP contribution in [0.5, 0.6) is 5.75 Å². The third kappa shape index (κ3) is 7.41. The van der Waals surface area contributed by atoms with Crippen molar-refractivity contribution in [3.8, 4) is 5.75 Å². The molecule has 0 saturated carbocycles. The van der Waals surface area contributed by atoms with Gasteiger partial charge in [-0.25, -0.2) is 0 Å². The largest absolute Gasteiger partial charge is 0.492 e. The first kappa shape index (κ1) is 27.0. The highest BCUT2D eigenvalue weighted by molar-refractivity contribution is 5.85. The number of carbonyl (C=O) groups is 1. The van der Waals surface area contributed by atoms with Gasteiger partial charge < -0.3 is 20.5 Å². The van der Waals surface area contributed by atoms with Gasteiger partial charge in [0.25, 0.3) is 0 Å². The Kier molecular flexibility index (Phi) is 13.5. The summed E-state index contributed by atoms with van der Waals surface area (Å²) in [6.45, 7) is 9.84. The van der Waals surface area contributed by atoms with Gasteiger partial charge in [-0.2, -0.15) is 0 Å². The SMILES string of the molecule is CCC(CC)(CN)C(=O)NCc1ccccc1OCCN1CCOCC1.Cl.Cl. The van der Waals surface area contributed by atoms with E-state index in [0.717, 1.165) is 57.0 Å². The number of halogens is 2. The minimum Gasteiger partial charge on any atom is -0.492 e.